The van der Waals surface area contributed by atoms with E-state index < -0.39 is 0 Å². The molecule has 0 bridgehead atoms. The number of amides is 1. The molecular formula is C13H23NO. The number of nitrogens with one attached hydrogen (secondary N) is 1. The minimum atomic E-state index is -0.0217. The van der Waals surface area contributed by atoms with E-state index >= 15 is 0 Å². The van der Waals surface area contributed by atoms with Crippen LogP contribution in [0.2, 0.25) is 0 Å². The Labute approximate surface area is 92.8 Å². The fraction of sp³-hybridized carbons (Fsp3) is 0.923. The fourth-order valence-corrected chi connectivity index (χ4v) is 3.48. The maximum absolute atomic E-state index is 11.6. The molecule has 1 amide bonds. The van der Waals surface area contributed by atoms with Gasteiger partial charge in [-0.3, -0.25) is 4.79 Å². The first kappa shape index (κ1) is 11.0. The summed E-state index contributed by atoms with van der Waals surface area (Å²) in [5, 5.41) is 3.14. The van der Waals surface area contributed by atoms with E-state index in [9.17, 15) is 4.79 Å². The minimum Gasteiger partial charge on any atom is -0.351 e. The summed E-state index contributed by atoms with van der Waals surface area (Å²) in [6, 6.07) is 0. The largest absolute Gasteiger partial charge is 0.351 e. The molecule has 0 aromatic rings. The van der Waals surface area contributed by atoms with Crippen LogP contribution in [0.15, 0.2) is 0 Å². The second-order valence-corrected chi connectivity index (χ2v) is 6.10. The molecule has 0 aromatic heterocycles. The number of hydrogen-bond donors (Lipinski definition) is 1. The fourth-order valence-electron chi connectivity index (χ4n) is 3.48. The van der Waals surface area contributed by atoms with Crippen molar-refractivity contribution in [1.82, 2.24) is 5.32 Å². The maximum Gasteiger partial charge on any atom is 0.221 e. The third kappa shape index (κ3) is 1.68. The number of carbonyl (C=O) groups excluding carboxylic acids is 1. The zero-order chi connectivity index (χ0) is 11.1. The summed E-state index contributed by atoms with van der Waals surface area (Å²) in [7, 11) is 0. The summed E-state index contributed by atoms with van der Waals surface area (Å²) in [6.07, 6.45) is 7.44. The predicted molar refractivity (Wildman–Crippen MR) is 61.5 cm³/mol. The highest BCUT2D eigenvalue weighted by Gasteiger charge is 2.53. The number of hydrogen-bond acceptors (Lipinski definition) is 1. The molecule has 15 heavy (non-hydrogen) atoms. The van der Waals surface area contributed by atoms with Crippen LogP contribution >= 0.6 is 0 Å². The Morgan fingerprint density at radius 2 is 1.73 bits per heavy atom. The van der Waals surface area contributed by atoms with Crippen molar-refractivity contribution in [3.63, 3.8) is 0 Å². The summed E-state index contributed by atoms with van der Waals surface area (Å²) in [5.74, 6) is 0.980. The number of rotatable bonds is 1. The molecule has 1 unspecified atom stereocenters. The van der Waals surface area contributed by atoms with Gasteiger partial charge in [0.05, 0.1) is 0 Å². The first-order chi connectivity index (χ1) is 6.96. The van der Waals surface area contributed by atoms with Gasteiger partial charge in [0, 0.05) is 17.4 Å². The average Bonchev–Trinajstić information content (AvgIpc) is 2.38. The van der Waals surface area contributed by atoms with Crippen LogP contribution in [0.3, 0.4) is 0 Å². The van der Waals surface area contributed by atoms with E-state index in [1.165, 1.54) is 32.1 Å². The van der Waals surface area contributed by atoms with Crippen molar-refractivity contribution in [3.05, 3.63) is 0 Å². The van der Waals surface area contributed by atoms with Crippen LogP contribution in [0.1, 0.15) is 59.3 Å². The summed E-state index contributed by atoms with van der Waals surface area (Å²) < 4.78 is 0. The molecule has 1 N–H and O–H groups in total. The van der Waals surface area contributed by atoms with Gasteiger partial charge in [-0.25, -0.2) is 0 Å². The summed E-state index contributed by atoms with van der Waals surface area (Å²) in [4.78, 5) is 11.6. The van der Waals surface area contributed by atoms with Gasteiger partial charge in [0.1, 0.15) is 0 Å². The Hall–Kier alpha value is -0.530. The van der Waals surface area contributed by atoms with Gasteiger partial charge < -0.3 is 5.32 Å². The van der Waals surface area contributed by atoms with Gasteiger partial charge in [0.2, 0.25) is 5.91 Å². The molecule has 1 atom stereocenters. The lowest BCUT2D eigenvalue weighted by molar-refractivity contribution is -0.120. The predicted octanol–water partition coefficient (Wildman–Crippen LogP) is 2.87. The Kier molecular flexibility index (Phi) is 2.56. The van der Waals surface area contributed by atoms with Crippen LogP contribution in [-0.4, -0.2) is 11.4 Å². The second kappa shape index (κ2) is 3.50. The van der Waals surface area contributed by atoms with Crippen molar-refractivity contribution in [1.29, 1.82) is 0 Å². The van der Waals surface area contributed by atoms with E-state index in [-0.39, 0.29) is 16.9 Å². The minimum absolute atomic E-state index is 0.0217. The van der Waals surface area contributed by atoms with Crippen molar-refractivity contribution in [3.8, 4) is 0 Å². The smallest absolute Gasteiger partial charge is 0.221 e. The summed E-state index contributed by atoms with van der Waals surface area (Å²) in [5.41, 5.74) is 0.149. The third-order valence-electron chi connectivity index (χ3n) is 4.91. The van der Waals surface area contributed by atoms with Crippen LogP contribution in [0.4, 0.5) is 0 Å². The highest BCUT2D eigenvalue weighted by atomic mass is 16.2. The molecule has 1 aliphatic heterocycles. The molecule has 1 heterocycles. The van der Waals surface area contributed by atoms with Crippen molar-refractivity contribution in [2.45, 2.75) is 64.8 Å². The Morgan fingerprint density at radius 1 is 1.13 bits per heavy atom. The van der Waals surface area contributed by atoms with Gasteiger partial charge >= 0.3 is 0 Å². The monoisotopic (exact) mass is 209 g/mol. The number of carbonyl (C=O) groups is 1. The molecule has 0 radical (unpaired) electrons. The van der Waals surface area contributed by atoms with E-state index in [4.69, 9.17) is 0 Å². The van der Waals surface area contributed by atoms with Gasteiger partial charge in [0.25, 0.3) is 0 Å². The maximum atomic E-state index is 11.6. The Balaban J connectivity index is 2.20. The molecule has 1 saturated carbocycles. The van der Waals surface area contributed by atoms with Gasteiger partial charge in [0.15, 0.2) is 0 Å². The van der Waals surface area contributed by atoms with E-state index in [1.54, 1.807) is 0 Å². The van der Waals surface area contributed by atoms with Crippen LogP contribution in [0, 0.1) is 11.3 Å². The molecule has 2 heteroatoms. The first-order valence-corrected chi connectivity index (χ1v) is 6.27. The van der Waals surface area contributed by atoms with E-state index in [0.29, 0.717) is 0 Å². The molecule has 86 valence electrons. The molecular weight excluding hydrogens is 186 g/mol. The van der Waals surface area contributed by atoms with E-state index in [2.05, 4.69) is 26.1 Å². The van der Waals surface area contributed by atoms with Gasteiger partial charge in [-0.05, 0) is 32.6 Å². The van der Waals surface area contributed by atoms with Crippen LogP contribution in [-0.2, 0) is 4.79 Å². The van der Waals surface area contributed by atoms with Crippen molar-refractivity contribution in [2.24, 2.45) is 11.3 Å². The van der Waals surface area contributed by atoms with Gasteiger partial charge in [-0.15, -0.1) is 0 Å². The lowest BCUT2D eigenvalue weighted by Crippen LogP contribution is -2.49. The zero-order valence-corrected chi connectivity index (χ0v) is 10.2. The zero-order valence-electron chi connectivity index (χ0n) is 10.2. The van der Waals surface area contributed by atoms with E-state index in [1.807, 2.05) is 0 Å². The standard InChI is InChI=1S/C13H23NO/c1-12(2)13(3,9-11(15)14-12)10-7-5-4-6-8-10/h10H,4-9H2,1-3H3,(H,14,15). The molecule has 2 rings (SSSR count). The molecule has 2 aliphatic rings. The molecule has 0 aromatic carbocycles. The normalized spacial score (nSPS) is 36.6. The Bertz CT molecular complexity index is 266. The lowest BCUT2D eigenvalue weighted by atomic mass is 9.61. The van der Waals surface area contributed by atoms with Gasteiger partial charge in [-0.2, -0.15) is 0 Å². The molecule has 2 nitrogen and oxygen atoms in total. The quantitative estimate of drug-likeness (QED) is 0.707. The van der Waals surface area contributed by atoms with Crippen LogP contribution < -0.4 is 5.32 Å². The molecule has 0 spiro atoms. The van der Waals surface area contributed by atoms with E-state index in [0.717, 1.165) is 12.3 Å². The van der Waals surface area contributed by atoms with Crippen molar-refractivity contribution >= 4 is 5.91 Å². The van der Waals surface area contributed by atoms with Crippen molar-refractivity contribution < 1.29 is 4.79 Å². The SMILES string of the molecule is CC1(C)NC(=O)CC1(C)C1CCCCC1. The summed E-state index contributed by atoms with van der Waals surface area (Å²) in [6.45, 7) is 6.68. The topological polar surface area (TPSA) is 29.1 Å². The summed E-state index contributed by atoms with van der Waals surface area (Å²) >= 11 is 0. The molecule has 1 saturated heterocycles. The third-order valence-corrected chi connectivity index (χ3v) is 4.91. The van der Waals surface area contributed by atoms with Crippen LogP contribution in [0.25, 0.3) is 0 Å². The Morgan fingerprint density at radius 3 is 2.20 bits per heavy atom. The highest BCUT2D eigenvalue weighted by molar-refractivity contribution is 5.80. The first-order valence-electron chi connectivity index (χ1n) is 6.27. The van der Waals surface area contributed by atoms with Crippen LogP contribution in [0.5, 0.6) is 0 Å². The average molecular weight is 209 g/mol. The second-order valence-electron chi connectivity index (χ2n) is 6.10. The van der Waals surface area contributed by atoms with Crippen molar-refractivity contribution in [2.75, 3.05) is 0 Å². The highest BCUT2D eigenvalue weighted by Crippen LogP contribution is 2.50. The van der Waals surface area contributed by atoms with Gasteiger partial charge in [-0.1, -0.05) is 26.2 Å². The lowest BCUT2D eigenvalue weighted by Gasteiger charge is -2.45. The molecule has 2 fully saturated rings. The molecule has 1 aliphatic carbocycles.